The van der Waals surface area contributed by atoms with Gasteiger partial charge in [-0.2, -0.15) is 0 Å². The lowest BCUT2D eigenvalue weighted by Gasteiger charge is -2.17. The molecule has 0 aliphatic rings. The molecule has 1 heterocycles. The van der Waals surface area contributed by atoms with Crippen molar-refractivity contribution in [1.29, 1.82) is 0 Å². The van der Waals surface area contributed by atoms with Gasteiger partial charge in [-0.15, -0.1) is 0 Å². The highest BCUT2D eigenvalue weighted by molar-refractivity contribution is 5.77. The molecular weight excluding hydrogens is 238 g/mol. The summed E-state index contributed by atoms with van der Waals surface area (Å²) in [6, 6.07) is 0. The molecule has 7 heteroatoms. The van der Waals surface area contributed by atoms with Crippen molar-refractivity contribution in [2.24, 2.45) is 5.73 Å². The van der Waals surface area contributed by atoms with Crippen LogP contribution >= 0.6 is 0 Å². The Balaban J connectivity index is 2.44. The SMILES string of the molecule is Cc1noc(=O)n1CC=CCCC(C)(N)C(=O)O. The van der Waals surface area contributed by atoms with E-state index in [1.54, 1.807) is 19.1 Å². The van der Waals surface area contributed by atoms with Gasteiger partial charge in [-0.1, -0.05) is 17.3 Å². The molecule has 1 unspecified atom stereocenters. The van der Waals surface area contributed by atoms with E-state index in [4.69, 9.17) is 10.8 Å². The summed E-state index contributed by atoms with van der Waals surface area (Å²) in [5.41, 5.74) is 4.34. The summed E-state index contributed by atoms with van der Waals surface area (Å²) in [7, 11) is 0. The minimum Gasteiger partial charge on any atom is -0.480 e. The van der Waals surface area contributed by atoms with Crippen LogP contribution in [0.25, 0.3) is 0 Å². The molecule has 3 N–H and O–H groups in total. The summed E-state index contributed by atoms with van der Waals surface area (Å²) in [6.45, 7) is 3.49. The van der Waals surface area contributed by atoms with Crippen molar-refractivity contribution < 1.29 is 14.4 Å². The van der Waals surface area contributed by atoms with Crippen molar-refractivity contribution in [1.82, 2.24) is 9.72 Å². The molecule has 0 bridgehead atoms. The molecular formula is C11H17N3O4. The van der Waals surface area contributed by atoms with Gasteiger partial charge in [0.25, 0.3) is 0 Å². The summed E-state index contributed by atoms with van der Waals surface area (Å²) < 4.78 is 5.83. The van der Waals surface area contributed by atoms with E-state index in [2.05, 4.69) is 9.68 Å². The molecule has 100 valence electrons. The Hall–Kier alpha value is -1.89. The zero-order valence-corrected chi connectivity index (χ0v) is 10.4. The minimum absolute atomic E-state index is 0.330. The van der Waals surface area contributed by atoms with Gasteiger partial charge in [0.1, 0.15) is 5.54 Å². The Kier molecular flexibility index (Phi) is 4.43. The molecule has 1 aromatic rings. The monoisotopic (exact) mass is 255 g/mol. The van der Waals surface area contributed by atoms with E-state index in [0.717, 1.165) is 0 Å². The van der Waals surface area contributed by atoms with E-state index in [0.29, 0.717) is 25.2 Å². The van der Waals surface area contributed by atoms with Gasteiger partial charge in [-0.05, 0) is 26.7 Å². The maximum atomic E-state index is 11.2. The fourth-order valence-electron chi connectivity index (χ4n) is 1.33. The van der Waals surface area contributed by atoms with Gasteiger partial charge in [-0.25, -0.2) is 4.79 Å². The normalized spacial score (nSPS) is 14.8. The Morgan fingerprint density at radius 2 is 2.28 bits per heavy atom. The summed E-state index contributed by atoms with van der Waals surface area (Å²) in [4.78, 5) is 21.9. The first-order valence-electron chi connectivity index (χ1n) is 5.55. The van der Waals surface area contributed by atoms with Gasteiger partial charge in [0.15, 0.2) is 5.82 Å². The van der Waals surface area contributed by atoms with Crippen molar-refractivity contribution >= 4 is 5.97 Å². The quantitative estimate of drug-likeness (QED) is 0.706. The number of carbonyl (C=O) groups is 1. The number of carboxylic acid groups (broad SMARTS) is 1. The van der Waals surface area contributed by atoms with Crippen molar-refractivity contribution in [2.75, 3.05) is 0 Å². The third-order valence-corrected chi connectivity index (χ3v) is 2.64. The minimum atomic E-state index is -1.23. The summed E-state index contributed by atoms with van der Waals surface area (Å²) in [5, 5.41) is 12.3. The van der Waals surface area contributed by atoms with E-state index >= 15 is 0 Å². The van der Waals surface area contributed by atoms with Crippen molar-refractivity contribution in [3.05, 3.63) is 28.5 Å². The number of nitrogens with zero attached hydrogens (tertiary/aromatic N) is 2. The molecule has 0 saturated carbocycles. The van der Waals surface area contributed by atoms with E-state index in [1.165, 1.54) is 11.5 Å². The third-order valence-electron chi connectivity index (χ3n) is 2.64. The molecule has 18 heavy (non-hydrogen) atoms. The van der Waals surface area contributed by atoms with Gasteiger partial charge in [0.05, 0.1) is 0 Å². The maximum absolute atomic E-state index is 11.2. The zero-order chi connectivity index (χ0) is 13.8. The largest absolute Gasteiger partial charge is 0.480 e. The van der Waals surface area contributed by atoms with Crippen LogP contribution in [-0.2, 0) is 11.3 Å². The van der Waals surface area contributed by atoms with Crippen LogP contribution in [0.15, 0.2) is 21.5 Å². The molecule has 0 spiro atoms. The van der Waals surface area contributed by atoms with Crippen molar-refractivity contribution in [3.8, 4) is 0 Å². The Morgan fingerprint density at radius 3 is 2.78 bits per heavy atom. The summed E-state index contributed by atoms with van der Waals surface area (Å²) in [6.07, 6.45) is 4.39. The third kappa shape index (κ3) is 3.56. The summed E-state index contributed by atoms with van der Waals surface area (Å²) in [5.74, 6) is -1.04. The van der Waals surface area contributed by atoms with Crippen LogP contribution in [0.4, 0.5) is 0 Å². The van der Waals surface area contributed by atoms with Crippen molar-refractivity contribution in [2.45, 2.75) is 38.8 Å². The van der Waals surface area contributed by atoms with Crippen LogP contribution in [-0.4, -0.2) is 26.3 Å². The van der Waals surface area contributed by atoms with Gasteiger partial charge in [-0.3, -0.25) is 13.9 Å². The average Bonchev–Trinajstić information content (AvgIpc) is 2.59. The van der Waals surface area contributed by atoms with Gasteiger partial charge >= 0.3 is 11.7 Å². The molecule has 0 fully saturated rings. The van der Waals surface area contributed by atoms with Crippen molar-refractivity contribution in [3.63, 3.8) is 0 Å². The van der Waals surface area contributed by atoms with Crippen LogP contribution in [0, 0.1) is 6.92 Å². The second kappa shape index (κ2) is 5.63. The molecule has 0 aliphatic heterocycles. The number of aliphatic carboxylic acids is 1. The van der Waals surface area contributed by atoms with E-state index < -0.39 is 17.3 Å². The van der Waals surface area contributed by atoms with E-state index in [-0.39, 0.29) is 0 Å². The lowest BCUT2D eigenvalue weighted by Crippen LogP contribution is -2.44. The molecule has 0 saturated heterocycles. The number of hydrogen-bond donors (Lipinski definition) is 2. The van der Waals surface area contributed by atoms with Crippen LogP contribution in [0.3, 0.4) is 0 Å². The number of aromatic nitrogens is 2. The van der Waals surface area contributed by atoms with Crippen LogP contribution < -0.4 is 11.5 Å². The number of hydrogen-bond acceptors (Lipinski definition) is 5. The molecule has 0 amide bonds. The first-order chi connectivity index (χ1) is 8.34. The zero-order valence-electron chi connectivity index (χ0n) is 10.4. The molecule has 0 radical (unpaired) electrons. The lowest BCUT2D eigenvalue weighted by molar-refractivity contribution is -0.142. The number of nitrogens with two attached hydrogens (primary N) is 1. The highest BCUT2D eigenvalue weighted by Gasteiger charge is 2.26. The fourth-order valence-corrected chi connectivity index (χ4v) is 1.33. The standard InChI is InChI=1S/C11H17N3O4/c1-8-13-18-10(17)14(8)7-5-3-4-6-11(2,12)9(15)16/h3,5H,4,6-7,12H2,1-2H3,(H,15,16). The summed E-state index contributed by atoms with van der Waals surface area (Å²) >= 11 is 0. The van der Waals surface area contributed by atoms with Gasteiger partial charge < -0.3 is 10.8 Å². The molecule has 1 atom stereocenters. The van der Waals surface area contributed by atoms with Crippen LogP contribution in [0.5, 0.6) is 0 Å². The number of carboxylic acids is 1. The highest BCUT2D eigenvalue weighted by atomic mass is 16.5. The first kappa shape index (κ1) is 14.2. The van der Waals surface area contributed by atoms with Crippen LogP contribution in [0.1, 0.15) is 25.6 Å². The second-order valence-corrected chi connectivity index (χ2v) is 4.34. The fraction of sp³-hybridized carbons (Fsp3) is 0.545. The maximum Gasteiger partial charge on any atom is 0.441 e. The highest BCUT2D eigenvalue weighted by Crippen LogP contribution is 2.09. The van der Waals surface area contributed by atoms with Crippen LogP contribution in [0.2, 0.25) is 0 Å². The molecule has 1 rings (SSSR count). The number of aryl methyl sites for hydroxylation is 1. The molecule has 1 aromatic heterocycles. The van der Waals surface area contributed by atoms with E-state index in [9.17, 15) is 9.59 Å². The predicted octanol–water partition coefficient (Wildman–Crippen LogP) is 0.283. The molecule has 0 aromatic carbocycles. The lowest BCUT2D eigenvalue weighted by atomic mass is 9.97. The van der Waals surface area contributed by atoms with Gasteiger partial charge in [0.2, 0.25) is 0 Å². The predicted molar refractivity (Wildman–Crippen MR) is 64.1 cm³/mol. The molecule has 0 aliphatic carbocycles. The molecule has 7 nitrogen and oxygen atoms in total. The Morgan fingerprint density at radius 1 is 1.61 bits per heavy atom. The second-order valence-electron chi connectivity index (χ2n) is 4.34. The Labute approximate surface area is 104 Å². The van der Waals surface area contributed by atoms with Gasteiger partial charge in [0, 0.05) is 6.54 Å². The number of allylic oxidation sites excluding steroid dienone is 2. The number of rotatable bonds is 6. The first-order valence-corrected chi connectivity index (χ1v) is 5.55. The topological polar surface area (TPSA) is 111 Å². The Bertz CT molecular complexity index is 499. The smallest absolute Gasteiger partial charge is 0.441 e. The van der Waals surface area contributed by atoms with E-state index in [1.807, 2.05) is 0 Å². The average molecular weight is 255 g/mol.